The number of nitrogens with one attached hydrogen (secondary N) is 1. The highest BCUT2D eigenvalue weighted by atomic mass is 32.2. The van der Waals surface area contributed by atoms with E-state index in [1.807, 2.05) is 7.05 Å². The maximum Gasteiger partial charge on any atom is 0.246 e. The molecule has 0 aliphatic carbocycles. The minimum absolute atomic E-state index is 0.252. The first-order chi connectivity index (χ1) is 7.96. The SMILES string of the molecule is CNC1CCN(S(=O)(=O)c2cnn(C)c2C)C1. The van der Waals surface area contributed by atoms with E-state index in [-0.39, 0.29) is 6.04 Å². The fourth-order valence-electron chi connectivity index (χ4n) is 2.05. The quantitative estimate of drug-likeness (QED) is 0.809. The van der Waals surface area contributed by atoms with Crippen molar-refractivity contribution in [3.05, 3.63) is 11.9 Å². The summed E-state index contributed by atoms with van der Waals surface area (Å²) in [6.45, 7) is 2.88. The first kappa shape index (κ1) is 12.5. The van der Waals surface area contributed by atoms with Crippen molar-refractivity contribution in [3.8, 4) is 0 Å². The van der Waals surface area contributed by atoms with Crippen molar-refractivity contribution >= 4 is 10.0 Å². The van der Waals surface area contributed by atoms with Gasteiger partial charge in [0.2, 0.25) is 10.0 Å². The van der Waals surface area contributed by atoms with E-state index in [9.17, 15) is 8.42 Å². The number of hydrogen-bond donors (Lipinski definition) is 1. The Bertz CT molecular complexity index is 508. The average molecular weight is 258 g/mol. The van der Waals surface area contributed by atoms with Gasteiger partial charge >= 0.3 is 0 Å². The zero-order valence-corrected chi connectivity index (χ0v) is 11.2. The average Bonchev–Trinajstić information content (AvgIpc) is 2.87. The molecule has 17 heavy (non-hydrogen) atoms. The van der Waals surface area contributed by atoms with Gasteiger partial charge in [-0.25, -0.2) is 8.42 Å². The Kier molecular flexibility index (Phi) is 3.24. The Morgan fingerprint density at radius 1 is 1.53 bits per heavy atom. The minimum Gasteiger partial charge on any atom is -0.316 e. The van der Waals surface area contributed by atoms with Crippen LogP contribution < -0.4 is 5.32 Å². The van der Waals surface area contributed by atoms with Crippen LogP contribution in [0.3, 0.4) is 0 Å². The Labute approximate surface area is 102 Å². The normalized spacial score (nSPS) is 22.2. The Balaban J connectivity index is 2.29. The van der Waals surface area contributed by atoms with Gasteiger partial charge in [-0.2, -0.15) is 9.40 Å². The van der Waals surface area contributed by atoms with E-state index in [0.717, 1.165) is 6.42 Å². The van der Waals surface area contributed by atoms with Gasteiger partial charge in [-0.05, 0) is 20.4 Å². The molecule has 1 atom stereocenters. The van der Waals surface area contributed by atoms with Crippen LogP contribution in [0.15, 0.2) is 11.1 Å². The molecular formula is C10H18N4O2S. The van der Waals surface area contributed by atoms with Crippen LogP contribution in [-0.4, -0.2) is 48.7 Å². The predicted molar refractivity (Wildman–Crippen MR) is 64.2 cm³/mol. The van der Waals surface area contributed by atoms with E-state index in [4.69, 9.17) is 0 Å². The summed E-state index contributed by atoms with van der Waals surface area (Å²) in [5.41, 5.74) is 0.679. The van der Waals surface area contributed by atoms with Crippen molar-refractivity contribution in [2.45, 2.75) is 24.3 Å². The third-order valence-electron chi connectivity index (χ3n) is 3.37. The van der Waals surface area contributed by atoms with Gasteiger partial charge < -0.3 is 5.32 Å². The number of likely N-dealkylation sites (N-methyl/N-ethyl adjacent to an activating group) is 1. The predicted octanol–water partition coefficient (Wildman–Crippen LogP) is -0.289. The minimum atomic E-state index is -3.38. The Morgan fingerprint density at radius 3 is 2.71 bits per heavy atom. The lowest BCUT2D eigenvalue weighted by Gasteiger charge is -2.16. The summed E-state index contributed by atoms with van der Waals surface area (Å²) in [5.74, 6) is 0. The van der Waals surface area contributed by atoms with Gasteiger partial charge in [-0.15, -0.1) is 0 Å². The largest absolute Gasteiger partial charge is 0.316 e. The van der Waals surface area contributed by atoms with Crippen LogP contribution in [0.5, 0.6) is 0 Å². The summed E-state index contributed by atoms with van der Waals surface area (Å²) in [5, 5.41) is 7.10. The molecule has 1 aliphatic rings. The standard InChI is InChI=1S/C10H18N4O2S/c1-8-10(6-12-13(8)3)17(15,16)14-5-4-9(7-14)11-2/h6,9,11H,4-5,7H2,1-3H3. The molecule has 7 heteroatoms. The molecule has 96 valence electrons. The Morgan fingerprint density at radius 2 is 2.24 bits per heavy atom. The van der Waals surface area contributed by atoms with Crippen LogP contribution in [0, 0.1) is 6.92 Å². The summed E-state index contributed by atoms with van der Waals surface area (Å²) in [7, 11) is 0.220. The third-order valence-corrected chi connectivity index (χ3v) is 5.34. The molecular weight excluding hydrogens is 240 g/mol. The van der Waals surface area contributed by atoms with E-state index in [0.29, 0.717) is 23.7 Å². The molecule has 0 amide bonds. The van der Waals surface area contributed by atoms with E-state index < -0.39 is 10.0 Å². The number of aromatic nitrogens is 2. The third kappa shape index (κ3) is 2.10. The van der Waals surface area contributed by atoms with Gasteiger partial charge in [0.1, 0.15) is 4.90 Å². The van der Waals surface area contributed by atoms with Crippen molar-refractivity contribution in [1.29, 1.82) is 0 Å². The molecule has 0 aromatic carbocycles. The van der Waals surface area contributed by atoms with Crippen molar-refractivity contribution in [1.82, 2.24) is 19.4 Å². The lowest BCUT2D eigenvalue weighted by Crippen LogP contribution is -2.33. The highest BCUT2D eigenvalue weighted by molar-refractivity contribution is 7.89. The van der Waals surface area contributed by atoms with E-state index >= 15 is 0 Å². The van der Waals surface area contributed by atoms with Gasteiger partial charge in [0.15, 0.2) is 0 Å². The lowest BCUT2D eigenvalue weighted by molar-refractivity contribution is 0.464. The number of nitrogens with zero attached hydrogens (tertiary/aromatic N) is 3. The molecule has 1 fully saturated rings. The highest BCUT2D eigenvalue weighted by Crippen LogP contribution is 2.22. The monoisotopic (exact) mass is 258 g/mol. The van der Waals surface area contributed by atoms with Crippen LogP contribution in [0.4, 0.5) is 0 Å². The highest BCUT2D eigenvalue weighted by Gasteiger charge is 2.33. The second-order valence-electron chi connectivity index (χ2n) is 4.36. The Hall–Kier alpha value is -0.920. The zero-order chi connectivity index (χ0) is 12.6. The molecule has 0 spiro atoms. The van der Waals surface area contributed by atoms with E-state index in [2.05, 4.69) is 10.4 Å². The second kappa shape index (κ2) is 4.40. The molecule has 2 rings (SSSR count). The van der Waals surface area contributed by atoms with Crippen LogP contribution in [0.1, 0.15) is 12.1 Å². The second-order valence-corrected chi connectivity index (χ2v) is 6.26. The number of hydrogen-bond acceptors (Lipinski definition) is 4. The van der Waals surface area contributed by atoms with Gasteiger partial charge in [-0.3, -0.25) is 4.68 Å². The van der Waals surface area contributed by atoms with Crippen molar-refractivity contribution in [2.75, 3.05) is 20.1 Å². The molecule has 0 bridgehead atoms. The molecule has 2 heterocycles. The van der Waals surface area contributed by atoms with Crippen LogP contribution in [0.25, 0.3) is 0 Å². The molecule has 1 saturated heterocycles. The molecule has 1 aliphatic heterocycles. The first-order valence-corrected chi connectivity index (χ1v) is 7.07. The van der Waals surface area contributed by atoms with Crippen molar-refractivity contribution < 1.29 is 8.42 Å². The summed E-state index contributed by atoms with van der Waals surface area (Å²) in [4.78, 5) is 0.316. The van der Waals surface area contributed by atoms with Crippen LogP contribution >= 0.6 is 0 Å². The summed E-state index contributed by atoms with van der Waals surface area (Å²) in [6.07, 6.45) is 2.28. The molecule has 6 nitrogen and oxygen atoms in total. The van der Waals surface area contributed by atoms with Crippen LogP contribution in [-0.2, 0) is 17.1 Å². The molecule has 1 aromatic heterocycles. The summed E-state index contributed by atoms with van der Waals surface area (Å²) >= 11 is 0. The van der Waals surface area contributed by atoms with Gasteiger partial charge in [0.25, 0.3) is 0 Å². The topological polar surface area (TPSA) is 67.2 Å². The summed E-state index contributed by atoms with van der Waals surface area (Å²) < 4.78 is 27.9. The van der Waals surface area contributed by atoms with E-state index in [1.165, 1.54) is 10.5 Å². The number of aryl methyl sites for hydroxylation is 1. The van der Waals surface area contributed by atoms with Gasteiger partial charge in [0, 0.05) is 26.2 Å². The van der Waals surface area contributed by atoms with Crippen molar-refractivity contribution in [2.24, 2.45) is 7.05 Å². The maximum absolute atomic E-state index is 12.4. The smallest absolute Gasteiger partial charge is 0.246 e. The molecule has 0 radical (unpaired) electrons. The zero-order valence-electron chi connectivity index (χ0n) is 10.3. The fraction of sp³-hybridized carbons (Fsp3) is 0.700. The molecule has 1 aromatic rings. The molecule has 0 saturated carbocycles. The number of sulfonamides is 1. The fourth-order valence-corrected chi connectivity index (χ4v) is 3.74. The van der Waals surface area contributed by atoms with Gasteiger partial charge in [0.05, 0.1) is 11.9 Å². The first-order valence-electron chi connectivity index (χ1n) is 5.63. The van der Waals surface area contributed by atoms with Crippen molar-refractivity contribution in [3.63, 3.8) is 0 Å². The van der Waals surface area contributed by atoms with Gasteiger partial charge in [-0.1, -0.05) is 0 Å². The molecule has 1 N–H and O–H groups in total. The lowest BCUT2D eigenvalue weighted by atomic mass is 10.3. The summed E-state index contributed by atoms with van der Waals surface area (Å²) in [6, 6.07) is 0.252. The van der Waals surface area contributed by atoms with E-state index in [1.54, 1.807) is 18.7 Å². The molecule has 1 unspecified atom stereocenters. The number of rotatable bonds is 3. The van der Waals surface area contributed by atoms with Crippen LogP contribution in [0.2, 0.25) is 0 Å². The maximum atomic E-state index is 12.4.